The van der Waals surface area contributed by atoms with E-state index in [1.54, 1.807) is 12.1 Å². The Morgan fingerprint density at radius 2 is 2.00 bits per heavy atom. The van der Waals surface area contributed by atoms with Crippen LogP contribution in [0.4, 0.5) is 5.95 Å². The van der Waals surface area contributed by atoms with Crippen molar-refractivity contribution in [3.8, 4) is 11.8 Å². The van der Waals surface area contributed by atoms with Gasteiger partial charge in [-0.05, 0) is 43.5 Å². The Kier molecular flexibility index (Phi) is 6.44. The number of ether oxygens (including phenoxy) is 2. The van der Waals surface area contributed by atoms with Gasteiger partial charge in [-0.3, -0.25) is 29.8 Å². The first-order chi connectivity index (χ1) is 16.3. The number of methoxy groups -OCH3 is 1. The third kappa shape index (κ3) is 4.68. The van der Waals surface area contributed by atoms with Gasteiger partial charge in [0.1, 0.15) is 6.04 Å². The fourth-order valence-corrected chi connectivity index (χ4v) is 3.80. The molecule has 2 aliphatic heterocycles. The normalized spacial score (nSPS) is 18.3. The lowest BCUT2D eigenvalue weighted by Crippen LogP contribution is -2.52. The Hall–Kier alpha value is -4.02. The van der Waals surface area contributed by atoms with Crippen molar-refractivity contribution >= 4 is 29.6 Å². The Bertz CT molecular complexity index is 1170. The molecule has 0 saturated carbocycles. The van der Waals surface area contributed by atoms with E-state index in [0.717, 1.165) is 6.42 Å². The molecule has 2 atom stereocenters. The summed E-state index contributed by atoms with van der Waals surface area (Å²) in [5, 5.41) is 4.90. The molecule has 0 bridgehead atoms. The average molecular weight is 467 g/mol. The number of imide groups is 1. The second-order valence-corrected chi connectivity index (χ2v) is 8.13. The molecule has 11 nitrogen and oxygen atoms in total. The molecule has 1 aromatic heterocycles. The molecule has 2 unspecified atom stereocenters. The number of anilines is 1. The van der Waals surface area contributed by atoms with Crippen LogP contribution < -0.4 is 20.1 Å². The van der Waals surface area contributed by atoms with Crippen LogP contribution in [0, 0.1) is 0 Å². The zero-order valence-electron chi connectivity index (χ0n) is 19.1. The van der Waals surface area contributed by atoms with Crippen LogP contribution >= 0.6 is 0 Å². The highest BCUT2D eigenvalue weighted by molar-refractivity contribution is 6.07. The predicted octanol–water partition coefficient (Wildman–Crippen LogP) is 1.68. The molecule has 0 spiro atoms. The van der Waals surface area contributed by atoms with E-state index in [2.05, 4.69) is 20.6 Å². The van der Waals surface area contributed by atoms with Crippen molar-refractivity contribution in [1.29, 1.82) is 0 Å². The molecule has 11 heteroatoms. The van der Waals surface area contributed by atoms with E-state index in [1.807, 2.05) is 13.8 Å². The van der Waals surface area contributed by atoms with E-state index < -0.39 is 17.9 Å². The number of rotatable bonds is 7. The number of carbonyl (C=O) groups is 4. The maximum absolute atomic E-state index is 12.9. The SMILES string of the molecule is CCC(C)Oc1cc(OC)nc(NC(=O)c2ccc3c(c2)CN(C2CCC(=O)NC2=O)C3=O)n1. The smallest absolute Gasteiger partial charge is 0.258 e. The summed E-state index contributed by atoms with van der Waals surface area (Å²) in [7, 11) is 1.45. The number of aromatic nitrogens is 2. The van der Waals surface area contributed by atoms with Crippen LogP contribution in [0.1, 0.15) is 59.4 Å². The van der Waals surface area contributed by atoms with Crippen molar-refractivity contribution in [2.24, 2.45) is 0 Å². The molecule has 1 saturated heterocycles. The maximum Gasteiger partial charge on any atom is 0.258 e. The van der Waals surface area contributed by atoms with Gasteiger partial charge in [-0.2, -0.15) is 9.97 Å². The van der Waals surface area contributed by atoms with Gasteiger partial charge in [0.2, 0.25) is 29.5 Å². The molecule has 0 radical (unpaired) electrons. The molecule has 4 amide bonds. The molecule has 1 fully saturated rings. The first kappa shape index (κ1) is 23.1. The number of nitrogens with zero attached hydrogens (tertiary/aromatic N) is 3. The quantitative estimate of drug-likeness (QED) is 0.586. The highest BCUT2D eigenvalue weighted by atomic mass is 16.5. The van der Waals surface area contributed by atoms with Gasteiger partial charge < -0.3 is 14.4 Å². The first-order valence-electron chi connectivity index (χ1n) is 11.0. The Morgan fingerprint density at radius 1 is 1.24 bits per heavy atom. The minimum Gasteiger partial charge on any atom is -0.481 e. The summed E-state index contributed by atoms with van der Waals surface area (Å²) >= 11 is 0. The Balaban J connectivity index is 1.51. The van der Waals surface area contributed by atoms with Crippen LogP contribution in [0.25, 0.3) is 0 Å². The number of piperidine rings is 1. The Labute approximate surface area is 195 Å². The molecule has 4 rings (SSSR count). The standard InChI is InChI=1S/C23H25N5O6/c1-4-12(2)34-19-10-18(33-3)25-23(26-19)27-20(30)13-5-6-15-14(9-13)11-28(22(15)32)16-7-8-17(29)24-21(16)31/h5-6,9-10,12,16H,4,7-8,11H2,1-3H3,(H,24,29,31)(H,25,26,27,30). The van der Waals surface area contributed by atoms with Crippen molar-refractivity contribution in [2.45, 2.75) is 51.8 Å². The van der Waals surface area contributed by atoms with Crippen LogP contribution in [0.3, 0.4) is 0 Å². The predicted molar refractivity (Wildman–Crippen MR) is 119 cm³/mol. The van der Waals surface area contributed by atoms with E-state index in [0.29, 0.717) is 16.7 Å². The van der Waals surface area contributed by atoms with Gasteiger partial charge in [-0.1, -0.05) is 6.92 Å². The zero-order chi connectivity index (χ0) is 24.4. The number of benzene rings is 1. The lowest BCUT2D eigenvalue weighted by atomic mass is 10.0. The van der Waals surface area contributed by atoms with E-state index in [9.17, 15) is 19.2 Å². The summed E-state index contributed by atoms with van der Waals surface area (Å²) in [6.07, 6.45) is 1.14. The number of fused-ring (bicyclic) bond motifs is 1. The van der Waals surface area contributed by atoms with Gasteiger partial charge in [0.25, 0.3) is 11.8 Å². The second-order valence-electron chi connectivity index (χ2n) is 8.13. The highest BCUT2D eigenvalue weighted by Gasteiger charge is 2.39. The van der Waals surface area contributed by atoms with Crippen molar-refractivity contribution < 1.29 is 28.7 Å². The lowest BCUT2D eigenvalue weighted by molar-refractivity contribution is -0.136. The molecule has 2 aliphatic rings. The molecular formula is C23H25N5O6. The number of hydrogen-bond acceptors (Lipinski definition) is 8. The number of amides is 4. The van der Waals surface area contributed by atoms with Crippen LogP contribution in [0.15, 0.2) is 24.3 Å². The van der Waals surface area contributed by atoms with E-state index in [1.165, 1.54) is 24.1 Å². The van der Waals surface area contributed by atoms with Crippen LogP contribution in [0.5, 0.6) is 11.8 Å². The van der Waals surface area contributed by atoms with Gasteiger partial charge in [0.05, 0.1) is 19.3 Å². The van der Waals surface area contributed by atoms with Crippen LogP contribution in [-0.4, -0.2) is 57.8 Å². The summed E-state index contributed by atoms with van der Waals surface area (Å²) in [6, 6.07) is 5.50. The van der Waals surface area contributed by atoms with E-state index >= 15 is 0 Å². The molecular weight excluding hydrogens is 442 g/mol. The highest BCUT2D eigenvalue weighted by Crippen LogP contribution is 2.28. The zero-order valence-corrected chi connectivity index (χ0v) is 19.1. The Morgan fingerprint density at radius 3 is 2.71 bits per heavy atom. The molecule has 2 aromatic rings. The fourth-order valence-electron chi connectivity index (χ4n) is 3.80. The van der Waals surface area contributed by atoms with E-state index in [-0.39, 0.29) is 55.0 Å². The van der Waals surface area contributed by atoms with Gasteiger partial charge in [0, 0.05) is 24.1 Å². The van der Waals surface area contributed by atoms with Crippen molar-refractivity contribution in [2.75, 3.05) is 12.4 Å². The molecule has 0 aliphatic carbocycles. The lowest BCUT2D eigenvalue weighted by Gasteiger charge is -2.29. The summed E-state index contributed by atoms with van der Waals surface area (Å²) in [5.74, 6) is -1.08. The summed E-state index contributed by atoms with van der Waals surface area (Å²) in [6.45, 7) is 4.05. The minimum absolute atomic E-state index is 0.0180. The van der Waals surface area contributed by atoms with Gasteiger partial charge in [-0.15, -0.1) is 0 Å². The second kappa shape index (κ2) is 9.46. The topological polar surface area (TPSA) is 140 Å². The summed E-state index contributed by atoms with van der Waals surface area (Å²) < 4.78 is 10.9. The monoisotopic (exact) mass is 467 g/mol. The van der Waals surface area contributed by atoms with Crippen LogP contribution in [-0.2, 0) is 16.1 Å². The van der Waals surface area contributed by atoms with Crippen LogP contribution in [0.2, 0.25) is 0 Å². The molecule has 178 valence electrons. The molecule has 34 heavy (non-hydrogen) atoms. The molecule has 1 aromatic carbocycles. The maximum atomic E-state index is 12.9. The minimum atomic E-state index is -0.719. The van der Waals surface area contributed by atoms with Gasteiger partial charge in [-0.25, -0.2) is 0 Å². The fraction of sp³-hybridized carbons (Fsp3) is 0.391. The summed E-state index contributed by atoms with van der Waals surface area (Å²) in [5.41, 5.74) is 1.34. The third-order valence-corrected chi connectivity index (χ3v) is 5.80. The van der Waals surface area contributed by atoms with Crippen molar-refractivity contribution in [1.82, 2.24) is 20.2 Å². The van der Waals surface area contributed by atoms with Crippen molar-refractivity contribution in [3.05, 3.63) is 41.0 Å². The first-order valence-corrected chi connectivity index (χ1v) is 11.0. The third-order valence-electron chi connectivity index (χ3n) is 5.80. The number of nitrogens with one attached hydrogen (secondary N) is 2. The van der Waals surface area contributed by atoms with E-state index in [4.69, 9.17) is 9.47 Å². The molecule has 3 heterocycles. The van der Waals surface area contributed by atoms with Gasteiger partial charge >= 0.3 is 0 Å². The summed E-state index contributed by atoms with van der Waals surface area (Å²) in [4.78, 5) is 59.1. The van der Waals surface area contributed by atoms with Gasteiger partial charge in [0.15, 0.2) is 0 Å². The number of carbonyl (C=O) groups excluding carboxylic acids is 4. The largest absolute Gasteiger partial charge is 0.481 e. The average Bonchev–Trinajstić information content (AvgIpc) is 3.14. The molecule has 2 N–H and O–H groups in total. The van der Waals surface area contributed by atoms with Crippen molar-refractivity contribution in [3.63, 3.8) is 0 Å². The number of hydrogen-bond donors (Lipinski definition) is 2.